The van der Waals surface area contributed by atoms with Crippen molar-refractivity contribution < 1.29 is 24.2 Å². The number of benzene rings is 3. The molecule has 2 N–H and O–H groups in total. The number of hydrogen-bond acceptors (Lipinski definition) is 6. The largest absolute Gasteiger partial charge is 0.507 e. The Morgan fingerprint density at radius 1 is 0.903 bits per heavy atom. The molecule has 6 nitrogen and oxygen atoms in total. The molecule has 0 radical (unpaired) electrons. The molecule has 0 aromatic heterocycles. The predicted octanol–water partition coefficient (Wildman–Crippen LogP) is 3.75. The average Bonchev–Trinajstić information content (AvgIpc) is 2.79. The van der Waals surface area contributed by atoms with E-state index in [1.807, 2.05) is 30.3 Å². The summed E-state index contributed by atoms with van der Waals surface area (Å²) in [5, 5.41) is 13.5. The fourth-order valence-electron chi connectivity index (χ4n) is 3.80. The van der Waals surface area contributed by atoms with Crippen molar-refractivity contribution in [2.75, 3.05) is 11.9 Å². The number of fused-ring (bicyclic) bond motifs is 2. The van der Waals surface area contributed by atoms with Crippen molar-refractivity contribution in [3.63, 3.8) is 0 Å². The molecule has 3 aromatic carbocycles. The van der Waals surface area contributed by atoms with E-state index in [1.165, 1.54) is 12.1 Å². The number of ether oxygens (including phenoxy) is 1. The summed E-state index contributed by atoms with van der Waals surface area (Å²) in [6, 6.07) is 18.0. The Morgan fingerprint density at radius 3 is 2.16 bits per heavy atom. The van der Waals surface area contributed by atoms with Gasteiger partial charge in [-0.25, -0.2) is 4.79 Å². The van der Waals surface area contributed by atoms with Crippen LogP contribution in [0.2, 0.25) is 0 Å². The Balaban J connectivity index is 1.76. The SMILES string of the molecule is CCOC(=O)[C@H](Cc1ccccc1)Nc1ccc(O)c2c1C(=O)c1ccccc1C2=O. The lowest BCUT2D eigenvalue weighted by atomic mass is 9.82. The molecule has 0 saturated carbocycles. The predicted molar refractivity (Wildman–Crippen MR) is 116 cm³/mol. The molecule has 1 aliphatic carbocycles. The van der Waals surface area contributed by atoms with E-state index in [9.17, 15) is 19.5 Å². The molecule has 0 heterocycles. The van der Waals surface area contributed by atoms with Crippen LogP contribution in [0.5, 0.6) is 5.75 Å². The van der Waals surface area contributed by atoms with Gasteiger partial charge in [0.25, 0.3) is 0 Å². The first-order chi connectivity index (χ1) is 15.0. The van der Waals surface area contributed by atoms with E-state index in [1.54, 1.807) is 31.2 Å². The second-order valence-corrected chi connectivity index (χ2v) is 7.22. The molecule has 0 saturated heterocycles. The molecule has 4 rings (SSSR count). The highest BCUT2D eigenvalue weighted by Crippen LogP contribution is 2.37. The molecule has 0 unspecified atom stereocenters. The van der Waals surface area contributed by atoms with Gasteiger partial charge in [0.2, 0.25) is 0 Å². The summed E-state index contributed by atoms with van der Waals surface area (Å²) in [7, 11) is 0. The van der Waals surface area contributed by atoms with E-state index < -0.39 is 17.8 Å². The lowest BCUT2D eigenvalue weighted by molar-refractivity contribution is -0.144. The summed E-state index contributed by atoms with van der Waals surface area (Å²) in [6.07, 6.45) is 0.327. The van der Waals surface area contributed by atoms with Crippen molar-refractivity contribution in [2.24, 2.45) is 0 Å². The Hall–Kier alpha value is -3.93. The third kappa shape index (κ3) is 3.80. The molecule has 0 spiro atoms. The molecule has 0 bridgehead atoms. The van der Waals surface area contributed by atoms with Gasteiger partial charge < -0.3 is 15.2 Å². The number of nitrogens with one attached hydrogen (secondary N) is 1. The molecule has 6 heteroatoms. The van der Waals surface area contributed by atoms with Crippen LogP contribution in [0.15, 0.2) is 66.7 Å². The van der Waals surface area contributed by atoms with Crippen molar-refractivity contribution in [1.82, 2.24) is 0 Å². The topological polar surface area (TPSA) is 92.7 Å². The number of carbonyl (C=O) groups is 3. The maximum atomic E-state index is 13.2. The van der Waals surface area contributed by atoms with E-state index in [4.69, 9.17) is 4.74 Å². The summed E-state index contributed by atoms with van der Waals surface area (Å²) >= 11 is 0. The van der Waals surface area contributed by atoms with Crippen molar-refractivity contribution in [1.29, 1.82) is 0 Å². The molecule has 156 valence electrons. The van der Waals surface area contributed by atoms with Crippen molar-refractivity contribution in [2.45, 2.75) is 19.4 Å². The molecule has 1 aliphatic rings. The van der Waals surface area contributed by atoms with Gasteiger partial charge >= 0.3 is 5.97 Å². The number of carbonyl (C=O) groups excluding carboxylic acids is 3. The normalized spacial score (nSPS) is 13.2. The first-order valence-corrected chi connectivity index (χ1v) is 10.0. The van der Waals surface area contributed by atoms with Crippen molar-refractivity contribution in [3.05, 3.63) is 94.5 Å². The minimum Gasteiger partial charge on any atom is -0.507 e. The third-order valence-electron chi connectivity index (χ3n) is 5.24. The number of anilines is 1. The van der Waals surface area contributed by atoms with Gasteiger partial charge in [0.15, 0.2) is 11.6 Å². The fraction of sp³-hybridized carbons (Fsp3) is 0.160. The molecule has 0 amide bonds. The highest BCUT2D eigenvalue weighted by molar-refractivity contribution is 6.31. The van der Waals surface area contributed by atoms with E-state index in [0.717, 1.165) is 5.56 Å². The highest BCUT2D eigenvalue weighted by Gasteiger charge is 2.35. The Labute approximate surface area is 179 Å². The molecule has 0 fully saturated rings. The minimum absolute atomic E-state index is 0.0592. The van der Waals surface area contributed by atoms with Crippen LogP contribution in [0.1, 0.15) is 44.3 Å². The van der Waals surface area contributed by atoms with E-state index in [2.05, 4.69) is 5.32 Å². The van der Waals surface area contributed by atoms with Crippen LogP contribution in [-0.2, 0) is 16.0 Å². The van der Waals surface area contributed by atoms with Gasteiger partial charge in [-0.05, 0) is 24.6 Å². The summed E-state index contributed by atoms with van der Waals surface area (Å²) in [4.78, 5) is 38.9. The Morgan fingerprint density at radius 2 is 1.52 bits per heavy atom. The van der Waals surface area contributed by atoms with Crippen molar-refractivity contribution >= 4 is 23.2 Å². The Bertz CT molecular complexity index is 1170. The molecule has 0 aliphatic heterocycles. The number of hydrogen-bond donors (Lipinski definition) is 2. The van der Waals surface area contributed by atoms with Crippen molar-refractivity contribution in [3.8, 4) is 5.75 Å². The second-order valence-electron chi connectivity index (χ2n) is 7.22. The fourth-order valence-corrected chi connectivity index (χ4v) is 3.80. The smallest absolute Gasteiger partial charge is 0.328 e. The maximum Gasteiger partial charge on any atom is 0.328 e. The summed E-state index contributed by atoms with van der Waals surface area (Å²) in [5.74, 6) is -1.56. The lowest BCUT2D eigenvalue weighted by Gasteiger charge is -2.24. The monoisotopic (exact) mass is 415 g/mol. The van der Waals surface area contributed by atoms with Gasteiger partial charge in [-0.2, -0.15) is 0 Å². The van der Waals surface area contributed by atoms with Gasteiger partial charge in [0.05, 0.1) is 17.7 Å². The van der Waals surface area contributed by atoms with Gasteiger partial charge in [-0.3, -0.25) is 9.59 Å². The lowest BCUT2D eigenvalue weighted by Crippen LogP contribution is -2.35. The van der Waals surface area contributed by atoms with Crippen LogP contribution in [0.3, 0.4) is 0 Å². The zero-order valence-electron chi connectivity index (χ0n) is 16.9. The molecule has 3 aromatic rings. The number of aromatic hydroxyl groups is 1. The first-order valence-electron chi connectivity index (χ1n) is 10.0. The van der Waals surface area contributed by atoms with Crippen LogP contribution >= 0.6 is 0 Å². The van der Waals surface area contributed by atoms with Crippen LogP contribution in [0.4, 0.5) is 5.69 Å². The number of rotatable bonds is 6. The Kier molecular flexibility index (Phi) is 5.54. The van der Waals surface area contributed by atoms with Gasteiger partial charge in [-0.15, -0.1) is 0 Å². The third-order valence-corrected chi connectivity index (χ3v) is 5.24. The number of esters is 1. The molecular weight excluding hydrogens is 394 g/mol. The molecular formula is C25H21NO5. The standard InChI is InChI=1S/C25H21NO5/c1-2-31-25(30)19(14-15-8-4-3-5-9-15)26-18-12-13-20(27)22-21(18)23(28)16-10-6-7-11-17(16)24(22)29/h3-13,19,26-27H,2,14H2,1H3/t19-/m0/s1. The van der Waals surface area contributed by atoms with Gasteiger partial charge in [-0.1, -0.05) is 54.6 Å². The molecule has 31 heavy (non-hydrogen) atoms. The number of ketones is 2. The van der Waals surface area contributed by atoms with Crippen LogP contribution in [-0.4, -0.2) is 35.3 Å². The zero-order valence-corrected chi connectivity index (χ0v) is 16.9. The number of phenols is 1. The van der Waals surface area contributed by atoms with E-state index >= 15 is 0 Å². The highest BCUT2D eigenvalue weighted by atomic mass is 16.5. The summed E-state index contributed by atoms with van der Waals surface area (Å²) < 4.78 is 5.22. The molecule has 1 atom stereocenters. The van der Waals surface area contributed by atoms with Gasteiger partial charge in [0.1, 0.15) is 11.8 Å². The minimum atomic E-state index is -0.781. The van der Waals surface area contributed by atoms with Crippen LogP contribution in [0.25, 0.3) is 0 Å². The van der Waals surface area contributed by atoms with Gasteiger partial charge in [0, 0.05) is 23.2 Å². The number of phenolic OH excluding ortho intramolecular Hbond substituents is 1. The second kappa shape index (κ2) is 8.44. The van der Waals surface area contributed by atoms with E-state index in [0.29, 0.717) is 12.1 Å². The zero-order chi connectivity index (χ0) is 22.0. The first kappa shape index (κ1) is 20.3. The maximum absolute atomic E-state index is 13.2. The van der Waals surface area contributed by atoms with Crippen LogP contribution < -0.4 is 5.32 Å². The summed E-state index contributed by atoms with van der Waals surface area (Å²) in [5.41, 5.74) is 1.73. The average molecular weight is 415 g/mol. The van der Waals surface area contributed by atoms with E-state index in [-0.39, 0.29) is 40.4 Å². The van der Waals surface area contributed by atoms with Crippen LogP contribution in [0, 0.1) is 0 Å². The summed E-state index contributed by atoms with van der Waals surface area (Å²) in [6.45, 7) is 1.93. The quantitative estimate of drug-likeness (QED) is 0.368.